The number of anilines is 1. The lowest BCUT2D eigenvalue weighted by atomic mass is 10.2. The number of nitrogens with zero attached hydrogens (tertiary/aromatic N) is 1. The fraction of sp³-hybridized carbons (Fsp3) is 0.250. The van der Waals surface area contributed by atoms with E-state index >= 15 is 0 Å². The molecule has 0 aliphatic carbocycles. The number of benzene rings is 1. The van der Waals surface area contributed by atoms with E-state index in [9.17, 15) is 14.4 Å². The third-order valence-corrected chi connectivity index (χ3v) is 2.77. The molecule has 0 bridgehead atoms. The summed E-state index contributed by atoms with van der Waals surface area (Å²) in [6.45, 7) is 0.366. The molecular formula is C12H13ClN2O5. The Labute approximate surface area is 119 Å². The predicted octanol–water partition coefficient (Wildman–Crippen LogP) is 1.65. The monoisotopic (exact) mass is 300 g/mol. The number of halogens is 1. The number of hydrogen-bond donors (Lipinski definition) is 3. The van der Waals surface area contributed by atoms with Gasteiger partial charge < -0.3 is 20.4 Å². The van der Waals surface area contributed by atoms with Crippen molar-refractivity contribution in [2.75, 3.05) is 18.4 Å². The molecule has 3 N–H and O–H groups in total. The van der Waals surface area contributed by atoms with Crippen molar-refractivity contribution in [2.45, 2.75) is 6.92 Å². The van der Waals surface area contributed by atoms with E-state index in [1.54, 1.807) is 19.1 Å². The van der Waals surface area contributed by atoms with Gasteiger partial charge in [0.15, 0.2) is 0 Å². The van der Waals surface area contributed by atoms with Crippen molar-refractivity contribution in [3.05, 3.63) is 28.8 Å². The van der Waals surface area contributed by atoms with Gasteiger partial charge in [0, 0.05) is 10.7 Å². The van der Waals surface area contributed by atoms with Gasteiger partial charge in [-0.3, -0.25) is 9.59 Å². The van der Waals surface area contributed by atoms with E-state index in [1.165, 1.54) is 6.07 Å². The molecule has 1 aromatic carbocycles. The van der Waals surface area contributed by atoms with Gasteiger partial charge in [0.2, 0.25) is 0 Å². The van der Waals surface area contributed by atoms with E-state index in [2.05, 4.69) is 5.32 Å². The molecular weight excluding hydrogens is 288 g/mol. The van der Waals surface area contributed by atoms with Crippen molar-refractivity contribution in [3.63, 3.8) is 0 Å². The van der Waals surface area contributed by atoms with Gasteiger partial charge in [0.25, 0.3) is 0 Å². The van der Waals surface area contributed by atoms with Crippen molar-refractivity contribution in [3.8, 4) is 0 Å². The molecule has 1 rings (SSSR count). The molecule has 0 saturated carbocycles. The smallest absolute Gasteiger partial charge is 0.323 e. The number of carboxylic acid groups (broad SMARTS) is 2. The third kappa shape index (κ3) is 4.77. The number of hydrogen-bond acceptors (Lipinski definition) is 3. The van der Waals surface area contributed by atoms with Gasteiger partial charge in [-0.1, -0.05) is 17.7 Å². The number of amides is 2. The maximum absolute atomic E-state index is 11.8. The van der Waals surface area contributed by atoms with Gasteiger partial charge in [-0.25, -0.2) is 4.79 Å². The molecule has 7 nitrogen and oxygen atoms in total. The minimum absolute atomic E-state index is 0.353. The Kier molecular flexibility index (Phi) is 5.33. The van der Waals surface area contributed by atoms with Crippen LogP contribution in [0.1, 0.15) is 5.56 Å². The maximum atomic E-state index is 11.8. The Morgan fingerprint density at radius 1 is 1.20 bits per heavy atom. The zero-order valence-electron chi connectivity index (χ0n) is 10.6. The van der Waals surface area contributed by atoms with Gasteiger partial charge in [-0.2, -0.15) is 0 Å². The molecule has 0 fully saturated rings. The predicted molar refractivity (Wildman–Crippen MR) is 72.1 cm³/mol. The van der Waals surface area contributed by atoms with Gasteiger partial charge >= 0.3 is 18.0 Å². The van der Waals surface area contributed by atoms with Crippen LogP contribution in [-0.4, -0.2) is 46.2 Å². The minimum Gasteiger partial charge on any atom is -0.480 e. The largest absolute Gasteiger partial charge is 0.480 e. The first-order chi connectivity index (χ1) is 9.29. The van der Waals surface area contributed by atoms with Crippen LogP contribution in [0.25, 0.3) is 0 Å². The number of carbonyl (C=O) groups excluding carboxylic acids is 1. The van der Waals surface area contributed by atoms with Crippen LogP contribution in [0.3, 0.4) is 0 Å². The summed E-state index contributed by atoms with van der Waals surface area (Å²) in [5.41, 5.74) is 1.17. The minimum atomic E-state index is -1.30. The second kappa shape index (κ2) is 6.76. The lowest BCUT2D eigenvalue weighted by molar-refractivity contribution is -0.140. The zero-order valence-corrected chi connectivity index (χ0v) is 11.3. The topological polar surface area (TPSA) is 107 Å². The Morgan fingerprint density at radius 2 is 1.75 bits per heavy atom. The van der Waals surface area contributed by atoms with Gasteiger partial charge in [-0.05, 0) is 24.6 Å². The number of nitrogens with one attached hydrogen (secondary N) is 1. The SMILES string of the molecule is Cc1ccc(NC(=O)N(CC(=O)O)CC(=O)O)cc1Cl. The first kappa shape index (κ1) is 15.8. The molecule has 1 aromatic rings. The van der Waals surface area contributed by atoms with E-state index in [4.69, 9.17) is 21.8 Å². The number of carbonyl (C=O) groups is 3. The van der Waals surface area contributed by atoms with Crippen molar-refractivity contribution in [2.24, 2.45) is 0 Å². The first-order valence-corrected chi connectivity index (χ1v) is 5.93. The molecule has 0 radical (unpaired) electrons. The molecule has 8 heteroatoms. The highest BCUT2D eigenvalue weighted by molar-refractivity contribution is 6.31. The van der Waals surface area contributed by atoms with Crippen LogP contribution in [0.4, 0.5) is 10.5 Å². The van der Waals surface area contributed by atoms with Crippen LogP contribution in [0.15, 0.2) is 18.2 Å². The maximum Gasteiger partial charge on any atom is 0.323 e. The highest BCUT2D eigenvalue weighted by Gasteiger charge is 2.19. The van der Waals surface area contributed by atoms with E-state index in [0.717, 1.165) is 5.56 Å². The van der Waals surface area contributed by atoms with Crippen LogP contribution in [-0.2, 0) is 9.59 Å². The van der Waals surface area contributed by atoms with E-state index in [-0.39, 0.29) is 0 Å². The van der Waals surface area contributed by atoms with E-state index < -0.39 is 31.1 Å². The molecule has 0 heterocycles. The lowest BCUT2D eigenvalue weighted by Crippen LogP contribution is -2.41. The Hall–Kier alpha value is -2.28. The molecule has 0 aliphatic rings. The van der Waals surface area contributed by atoms with Gasteiger partial charge in [-0.15, -0.1) is 0 Å². The zero-order chi connectivity index (χ0) is 15.3. The normalized spacial score (nSPS) is 9.90. The standard InChI is InChI=1S/C12H13ClN2O5/c1-7-2-3-8(4-9(7)13)14-12(20)15(5-10(16)17)6-11(18)19/h2-4H,5-6H2,1H3,(H,14,20)(H,16,17)(H,18,19). The summed E-state index contributed by atoms with van der Waals surface area (Å²) in [5, 5.41) is 20.1. The lowest BCUT2D eigenvalue weighted by Gasteiger charge is -2.19. The average molecular weight is 301 g/mol. The molecule has 0 aliphatic heterocycles. The molecule has 108 valence electrons. The Bertz CT molecular complexity index is 531. The van der Waals surface area contributed by atoms with Gasteiger partial charge in [0.05, 0.1) is 0 Å². The fourth-order valence-electron chi connectivity index (χ4n) is 1.40. The molecule has 2 amide bonds. The highest BCUT2D eigenvalue weighted by atomic mass is 35.5. The number of rotatable bonds is 5. The average Bonchev–Trinajstić information content (AvgIpc) is 2.32. The van der Waals surface area contributed by atoms with Crippen molar-refractivity contribution >= 4 is 35.3 Å². The van der Waals surface area contributed by atoms with Crippen molar-refractivity contribution < 1.29 is 24.6 Å². The summed E-state index contributed by atoms with van der Waals surface area (Å²) in [4.78, 5) is 33.7. The molecule has 0 spiro atoms. The van der Waals surface area contributed by atoms with Crippen LogP contribution in [0.5, 0.6) is 0 Å². The molecule has 0 unspecified atom stereocenters. The summed E-state index contributed by atoms with van der Waals surface area (Å²) in [6.07, 6.45) is 0. The Morgan fingerprint density at radius 3 is 2.20 bits per heavy atom. The fourth-order valence-corrected chi connectivity index (χ4v) is 1.58. The Balaban J connectivity index is 2.81. The van der Waals surface area contributed by atoms with Crippen LogP contribution in [0, 0.1) is 6.92 Å². The molecule has 0 atom stereocenters. The van der Waals surface area contributed by atoms with Crippen molar-refractivity contribution in [1.82, 2.24) is 4.90 Å². The second-order valence-electron chi connectivity index (χ2n) is 4.04. The summed E-state index contributed by atoms with van der Waals surface area (Å²) >= 11 is 5.89. The van der Waals surface area contributed by atoms with E-state index in [0.29, 0.717) is 15.6 Å². The van der Waals surface area contributed by atoms with E-state index in [1.807, 2.05) is 0 Å². The number of carboxylic acids is 2. The first-order valence-electron chi connectivity index (χ1n) is 5.55. The van der Waals surface area contributed by atoms with Crippen LogP contribution >= 0.6 is 11.6 Å². The quantitative estimate of drug-likeness (QED) is 0.766. The van der Waals surface area contributed by atoms with Crippen molar-refractivity contribution in [1.29, 1.82) is 0 Å². The summed E-state index contributed by atoms with van der Waals surface area (Å²) in [5.74, 6) is -2.60. The number of aliphatic carboxylic acids is 2. The summed E-state index contributed by atoms with van der Waals surface area (Å²) in [7, 11) is 0. The number of urea groups is 1. The molecule has 20 heavy (non-hydrogen) atoms. The van der Waals surface area contributed by atoms with Gasteiger partial charge in [0.1, 0.15) is 13.1 Å². The molecule has 0 aromatic heterocycles. The molecule has 0 saturated heterocycles. The van der Waals surface area contributed by atoms with Crippen LogP contribution in [0.2, 0.25) is 5.02 Å². The van der Waals surface area contributed by atoms with Crippen LogP contribution < -0.4 is 5.32 Å². The third-order valence-electron chi connectivity index (χ3n) is 2.36. The second-order valence-corrected chi connectivity index (χ2v) is 4.44. The summed E-state index contributed by atoms with van der Waals surface area (Å²) < 4.78 is 0. The number of aryl methyl sites for hydroxylation is 1. The highest BCUT2D eigenvalue weighted by Crippen LogP contribution is 2.20. The summed E-state index contributed by atoms with van der Waals surface area (Å²) in [6, 6.07) is 3.93.